The molecule has 1 aromatic heterocycles. The first-order valence-electron chi connectivity index (χ1n) is 6.68. The van der Waals surface area contributed by atoms with Crippen LogP contribution in [0.5, 0.6) is 0 Å². The Labute approximate surface area is 114 Å². The molecule has 0 aliphatic rings. The van der Waals surface area contributed by atoms with E-state index in [1.165, 1.54) is 6.07 Å². The van der Waals surface area contributed by atoms with Crippen molar-refractivity contribution >= 4 is 16.7 Å². The zero-order chi connectivity index (χ0) is 14.2. The maximum absolute atomic E-state index is 14.0. The van der Waals surface area contributed by atoms with E-state index in [1.54, 1.807) is 0 Å². The molecule has 1 N–H and O–H groups in total. The lowest BCUT2D eigenvalue weighted by atomic mass is 9.86. The van der Waals surface area contributed by atoms with Crippen LogP contribution in [-0.4, -0.2) is 11.5 Å². The molecule has 0 saturated heterocycles. The first kappa shape index (κ1) is 13.8. The molecule has 2 rings (SSSR count). The molecular weight excluding hydrogens is 239 g/mol. The number of benzene rings is 1. The molecule has 0 saturated carbocycles. The zero-order valence-corrected chi connectivity index (χ0v) is 12.3. The SMILES string of the molecule is CCNc1nc2c(F)cc(C)cc2cc1C(C)(C)C. The van der Waals surface area contributed by atoms with Gasteiger partial charge in [-0.15, -0.1) is 0 Å². The number of hydrogen-bond donors (Lipinski definition) is 1. The Morgan fingerprint density at radius 3 is 2.47 bits per heavy atom. The van der Waals surface area contributed by atoms with Crippen LogP contribution in [0.25, 0.3) is 10.9 Å². The Morgan fingerprint density at radius 2 is 1.89 bits per heavy atom. The van der Waals surface area contributed by atoms with Crippen molar-refractivity contribution in [1.29, 1.82) is 0 Å². The van der Waals surface area contributed by atoms with Crippen molar-refractivity contribution in [1.82, 2.24) is 4.98 Å². The fraction of sp³-hybridized carbons (Fsp3) is 0.438. The largest absolute Gasteiger partial charge is 0.370 e. The van der Waals surface area contributed by atoms with Gasteiger partial charge in [-0.3, -0.25) is 0 Å². The second kappa shape index (κ2) is 4.80. The van der Waals surface area contributed by atoms with Crippen LogP contribution in [0, 0.1) is 12.7 Å². The third-order valence-electron chi connectivity index (χ3n) is 3.17. The highest BCUT2D eigenvalue weighted by Gasteiger charge is 2.20. The van der Waals surface area contributed by atoms with Crippen molar-refractivity contribution in [2.45, 2.75) is 40.0 Å². The number of anilines is 1. The number of hydrogen-bond acceptors (Lipinski definition) is 2. The van der Waals surface area contributed by atoms with E-state index in [-0.39, 0.29) is 11.2 Å². The Morgan fingerprint density at radius 1 is 1.21 bits per heavy atom. The first-order chi connectivity index (χ1) is 8.82. The number of rotatable bonds is 2. The third kappa shape index (κ3) is 2.70. The zero-order valence-electron chi connectivity index (χ0n) is 12.3. The van der Waals surface area contributed by atoms with E-state index in [2.05, 4.69) is 37.1 Å². The standard InChI is InChI=1S/C16H21FN2/c1-6-18-15-12(16(3,4)5)9-11-7-10(2)8-13(17)14(11)19-15/h7-9H,6H2,1-5H3,(H,18,19). The third-order valence-corrected chi connectivity index (χ3v) is 3.17. The Hall–Kier alpha value is -1.64. The van der Waals surface area contributed by atoms with Gasteiger partial charge in [-0.2, -0.15) is 0 Å². The molecule has 19 heavy (non-hydrogen) atoms. The summed E-state index contributed by atoms with van der Waals surface area (Å²) >= 11 is 0. The lowest BCUT2D eigenvalue weighted by Gasteiger charge is -2.23. The van der Waals surface area contributed by atoms with Crippen molar-refractivity contribution in [2.24, 2.45) is 0 Å². The van der Waals surface area contributed by atoms with Crippen molar-refractivity contribution in [3.8, 4) is 0 Å². The normalized spacial score (nSPS) is 11.9. The van der Waals surface area contributed by atoms with Gasteiger partial charge in [-0.25, -0.2) is 9.37 Å². The molecule has 0 amide bonds. The molecule has 0 aliphatic heterocycles. The highest BCUT2D eigenvalue weighted by Crippen LogP contribution is 2.32. The van der Waals surface area contributed by atoms with Gasteiger partial charge in [0.05, 0.1) is 0 Å². The number of nitrogens with zero attached hydrogens (tertiary/aromatic N) is 1. The van der Waals surface area contributed by atoms with E-state index < -0.39 is 0 Å². The van der Waals surface area contributed by atoms with Gasteiger partial charge in [0.25, 0.3) is 0 Å². The predicted octanol–water partition coefficient (Wildman–Crippen LogP) is 4.41. The van der Waals surface area contributed by atoms with Gasteiger partial charge >= 0.3 is 0 Å². The average Bonchev–Trinajstić information content (AvgIpc) is 2.28. The van der Waals surface area contributed by atoms with E-state index in [0.29, 0.717) is 5.52 Å². The molecule has 0 radical (unpaired) electrons. The van der Waals surface area contributed by atoms with Crippen molar-refractivity contribution in [3.63, 3.8) is 0 Å². The fourth-order valence-corrected chi connectivity index (χ4v) is 2.26. The highest BCUT2D eigenvalue weighted by molar-refractivity contribution is 5.83. The summed E-state index contributed by atoms with van der Waals surface area (Å²) in [5, 5.41) is 4.10. The van der Waals surface area contributed by atoms with Crippen molar-refractivity contribution in [3.05, 3.63) is 35.1 Å². The molecule has 1 aromatic carbocycles. The molecule has 2 nitrogen and oxygen atoms in total. The van der Waals surface area contributed by atoms with E-state index in [0.717, 1.165) is 28.9 Å². The van der Waals surface area contributed by atoms with E-state index in [1.807, 2.05) is 19.9 Å². The summed E-state index contributed by atoms with van der Waals surface area (Å²) in [5.41, 5.74) is 2.45. The summed E-state index contributed by atoms with van der Waals surface area (Å²) in [5.74, 6) is 0.528. The summed E-state index contributed by atoms with van der Waals surface area (Å²) in [6.45, 7) is 11.1. The van der Waals surface area contributed by atoms with Gasteiger partial charge in [0, 0.05) is 17.5 Å². The van der Waals surface area contributed by atoms with Crippen LogP contribution < -0.4 is 5.32 Å². The Kier molecular flexibility index (Phi) is 3.48. The lowest BCUT2D eigenvalue weighted by Crippen LogP contribution is -2.16. The summed E-state index contributed by atoms with van der Waals surface area (Å²) < 4.78 is 14.0. The van der Waals surface area contributed by atoms with E-state index in [4.69, 9.17) is 0 Å². The predicted molar refractivity (Wildman–Crippen MR) is 79.3 cm³/mol. The second-order valence-electron chi connectivity index (χ2n) is 5.98. The average molecular weight is 260 g/mol. The van der Waals surface area contributed by atoms with Crippen LogP contribution in [0.4, 0.5) is 10.2 Å². The second-order valence-corrected chi connectivity index (χ2v) is 5.98. The molecule has 1 heterocycles. The molecule has 102 valence electrons. The van der Waals surface area contributed by atoms with Crippen LogP contribution in [0.1, 0.15) is 38.8 Å². The van der Waals surface area contributed by atoms with Crippen LogP contribution in [0.2, 0.25) is 0 Å². The van der Waals surface area contributed by atoms with Crippen molar-refractivity contribution in [2.75, 3.05) is 11.9 Å². The topological polar surface area (TPSA) is 24.9 Å². The van der Waals surface area contributed by atoms with Gasteiger partial charge < -0.3 is 5.32 Å². The first-order valence-corrected chi connectivity index (χ1v) is 6.68. The van der Waals surface area contributed by atoms with Crippen LogP contribution >= 0.6 is 0 Å². The number of nitrogens with one attached hydrogen (secondary N) is 1. The van der Waals surface area contributed by atoms with E-state index >= 15 is 0 Å². The molecular formula is C16H21FN2. The number of fused-ring (bicyclic) bond motifs is 1. The van der Waals surface area contributed by atoms with Crippen LogP contribution in [0.3, 0.4) is 0 Å². The van der Waals surface area contributed by atoms with Crippen LogP contribution in [0.15, 0.2) is 18.2 Å². The van der Waals surface area contributed by atoms with Gasteiger partial charge in [0.15, 0.2) is 0 Å². The molecule has 0 bridgehead atoms. The maximum Gasteiger partial charge on any atom is 0.149 e. The quantitative estimate of drug-likeness (QED) is 0.865. The monoisotopic (exact) mass is 260 g/mol. The molecule has 2 aromatic rings. The molecule has 0 spiro atoms. The minimum absolute atomic E-state index is 0.0289. The summed E-state index contributed by atoms with van der Waals surface area (Å²) in [6.07, 6.45) is 0. The van der Waals surface area contributed by atoms with Gasteiger partial charge in [-0.1, -0.05) is 20.8 Å². The van der Waals surface area contributed by atoms with E-state index in [9.17, 15) is 4.39 Å². The lowest BCUT2D eigenvalue weighted by molar-refractivity contribution is 0.589. The minimum atomic E-state index is -0.255. The molecule has 0 fully saturated rings. The van der Waals surface area contributed by atoms with Crippen molar-refractivity contribution < 1.29 is 4.39 Å². The fourth-order valence-electron chi connectivity index (χ4n) is 2.26. The Bertz CT molecular complexity index is 612. The number of pyridine rings is 1. The summed E-state index contributed by atoms with van der Waals surface area (Å²) in [6, 6.07) is 5.56. The minimum Gasteiger partial charge on any atom is -0.370 e. The molecule has 0 unspecified atom stereocenters. The highest BCUT2D eigenvalue weighted by atomic mass is 19.1. The number of aryl methyl sites for hydroxylation is 1. The number of aromatic nitrogens is 1. The van der Waals surface area contributed by atoms with Gasteiger partial charge in [0.2, 0.25) is 0 Å². The van der Waals surface area contributed by atoms with Crippen LogP contribution in [-0.2, 0) is 5.41 Å². The maximum atomic E-state index is 14.0. The molecule has 0 aliphatic carbocycles. The summed E-state index contributed by atoms with van der Waals surface area (Å²) in [4.78, 5) is 4.49. The molecule has 0 atom stereocenters. The smallest absolute Gasteiger partial charge is 0.149 e. The number of halogens is 1. The summed E-state index contributed by atoms with van der Waals surface area (Å²) in [7, 11) is 0. The molecule has 3 heteroatoms. The Balaban J connectivity index is 2.76. The van der Waals surface area contributed by atoms with Gasteiger partial charge in [0.1, 0.15) is 17.2 Å². The van der Waals surface area contributed by atoms with Gasteiger partial charge in [-0.05, 0) is 43.0 Å².